The third kappa shape index (κ3) is 4.71. The van der Waals surface area contributed by atoms with Gasteiger partial charge in [-0.15, -0.1) is 24.9 Å². The number of aliphatic hydroxyl groups is 1. The molecule has 1 aromatic rings. The average molecular weight is 568 g/mol. The normalized spacial score (nSPS) is 30.2. The quantitative estimate of drug-likeness (QED) is 0.376. The van der Waals surface area contributed by atoms with Gasteiger partial charge in [0.05, 0.1) is 29.2 Å². The largest absolute Gasteiger partial charge is 0.394 e. The number of carbonyl (C=O) groups excluding carboxylic acids is 3. The number of amides is 3. The van der Waals surface area contributed by atoms with Crippen molar-refractivity contribution in [1.82, 2.24) is 9.80 Å². The van der Waals surface area contributed by atoms with Crippen LogP contribution in [-0.2, 0) is 14.4 Å². The lowest BCUT2D eigenvalue weighted by Gasteiger charge is -2.42. The van der Waals surface area contributed by atoms with Crippen LogP contribution >= 0.6 is 11.8 Å². The van der Waals surface area contributed by atoms with E-state index in [2.05, 4.69) is 20.1 Å². The van der Waals surface area contributed by atoms with Crippen LogP contribution in [0.25, 0.3) is 0 Å². The average Bonchev–Trinajstić information content (AvgIpc) is 3.51. The Morgan fingerprint density at radius 1 is 1.12 bits per heavy atom. The molecule has 1 aromatic carbocycles. The van der Waals surface area contributed by atoms with E-state index < -0.39 is 33.4 Å². The zero-order valence-corrected chi connectivity index (χ0v) is 25.4. The summed E-state index contributed by atoms with van der Waals surface area (Å²) in [6, 6.07) is 8.14. The maximum Gasteiger partial charge on any atom is 0.247 e. The monoisotopic (exact) mass is 567 g/mol. The highest BCUT2D eigenvalue weighted by molar-refractivity contribution is 8.02. The van der Waals surface area contributed by atoms with Crippen LogP contribution in [0.4, 0.5) is 5.69 Å². The number of hydrogen-bond donors (Lipinski definition) is 1. The van der Waals surface area contributed by atoms with Gasteiger partial charge in [0.15, 0.2) is 0 Å². The van der Waals surface area contributed by atoms with E-state index in [0.29, 0.717) is 19.5 Å². The Balaban J connectivity index is 1.86. The van der Waals surface area contributed by atoms with E-state index in [-0.39, 0.29) is 36.3 Å². The molecule has 3 aliphatic heterocycles. The van der Waals surface area contributed by atoms with Gasteiger partial charge in [-0.05, 0) is 51.7 Å². The number of anilines is 1. The molecular formula is C32H45N3O4S. The summed E-state index contributed by atoms with van der Waals surface area (Å²) in [7, 11) is 0. The van der Waals surface area contributed by atoms with E-state index in [0.717, 1.165) is 18.5 Å². The molecule has 3 amide bonds. The van der Waals surface area contributed by atoms with Crippen LogP contribution in [0.15, 0.2) is 55.6 Å². The van der Waals surface area contributed by atoms with Crippen LogP contribution in [0, 0.1) is 17.8 Å². The number of benzene rings is 1. The smallest absolute Gasteiger partial charge is 0.247 e. The Hall–Kier alpha value is -2.58. The van der Waals surface area contributed by atoms with E-state index >= 15 is 0 Å². The van der Waals surface area contributed by atoms with Gasteiger partial charge in [-0.2, -0.15) is 0 Å². The minimum Gasteiger partial charge on any atom is -0.394 e. The highest BCUT2D eigenvalue weighted by Crippen LogP contribution is 2.72. The fourth-order valence-electron chi connectivity index (χ4n) is 7.27. The van der Waals surface area contributed by atoms with Gasteiger partial charge in [0.1, 0.15) is 6.04 Å². The molecule has 1 spiro atoms. The van der Waals surface area contributed by atoms with Crippen molar-refractivity contribution >= 4 is 35.2 Å². The fraction of sp³-hybridized carbons (Fsp3) is 0.594. The molecule has 4 rings (SSSR count). The van der Waals surface area contributed by atoms with E-state index in [1.54, 1.807) is 38.6 Å². The van der Waals surface area contributed by atoms with Gasteiger partial charge in [-0.3, -0.25) is 14.4 Å². The second-order valence-corrected chi connectivity index (χ2v) is 14.0. The van der Waals surface area contributed by atoms with Crippen molar-refractivity contribution in [2.24, 2.45) is 17.8 Å². The molecule has 8 heteroatoms. The van der Waals surface area contributed by atoms with Gasteiger partial charge in [-0.1, -0.05) is 50.6 Å². The molecule has 7 nitrogen and oxygen atoms in total. The number of rotatable bonds is 12. The first-order chi connectivity index (χ1) is 19.0. The number of aliphatic hydroxyl groups excluding tert-OH is 1. The summed E-state index contributed by atoms with van der Waals surface area (Å²) in [6.07, 6.45) is 5.59. The first kappa shape index (κ1) is 30.4. The number of hydrogen-bond acceptors (Lipinski definition) is 5. The molecule has 40 heavy (non-hydrogen) atoms. The lowest BCUT2D eigenvalue weighted by molar-refractivity contribution is -0.147. The maximum atomic E-state index is 14.7. The van der Waals surface area contributed by atoms with Crippen molar-refractivity contribution in [1.29, 1.82) is 0 Å². The predicted octanol–water partition coefficient (Wildman–Crippen LogP) is 4.52. The molecule has 3 fully saturated rings. The minimum absolute atomic E-state index is 0.0140. The van der Waals surface area contributed by atoms with Crippen LogP contribution in [0.3, 0.4) is 0 Å². The molecule has 2 bridgehead atoms. The third-order valence-electron chi connectivity index (χ3n) is 9.44. The molecule has 3 saturated heterocycles. The van der Waals surface area contributed by atoms with Crippen molar-refractivity contribution in [2.45, 2.75) is 81.5 Å². The summed E-state index contributed by atoms with van der Waals surface area (Å²) in [5.74, 6) is -1.67. The van der Waals surface area contributed by atoms with Crippen LogP contribution in [0.5, 0.6) is 0 Å². The molecule has 3 heterocycles. The van der Waals surface area contributed by atoms with Crippen LogP contribution in [0.1, 0.15) is 53.9 Å². The molecule has 0 aliphatic carbocycles. The van der Waals surface area contributed by atoms with Crippen molar-refractivity contribution in [3.8, 4) is 0 Å². The highest BCUT2D eigenvalue weighted by atomic mass is 32.2. The second-order valence-electron chi connectivity index (χ2n) is 12.1. The zero-order chi connectivity index (χ0) is 29.4. The van der Waals surface area contributed by atoms with Gasteiger partial charge in [-0.25, -0.2) is 0 Å². The van der Waals surface area contributed by atoms with Gasteiger partial charge in [0, 0.05) is 29.6 Å². The summed E-state index contributed by atoms with van der Waals surface area (Å²) >= 11 is 1.67. The molecule has 0 aromatic heterocycles. The molecule has 1 N–H and O–H groups in total. The van der Waals surface area contributed by atoms with Crippen molar-refractivity contribution in [3.05, 3.63) is 55.6 Å². The minimum atomic E-state index is -0.757. The van der Waals surface area contributed by atoms with Crippen molar-refractivity contribution in [3.63, 3.8) is 0 Å². The summed E-state index contributed by atoms with van der Waals surface area (Å²) in [5.41, 5.74) is 0.762. The Bertz CT molecular complexity index is 1140. The number of para-hydroxylation sites is 1. The lowest BCUT2D eigenvalue weighted by Crippen LogP contribution is -2.59. The Kier molecular flexibility index (Phi) is 8.91. The molecular weight excluding hydrogens is 522 g/mol. The van der Waals surface area contributed by atoms with Crippen molar-refractivity contribution < 1.29 is 19.5 Å². The molecule has 0 saturated carbocycles. The molecule has 0 radical (unpaired) electrons. The number of carbonyl (C=O) groups is 3. The summed E-state index contributed by atoms with van der Waals surface area (Å²) in [6.45, 7) is 18.3. The number of likely N-dealkylation sites (tertiary alicyclic amines) is 1. The number of fused-ring (bicyclic) bond motifs is 1. The Morgan fingerprint density at radius 2 is 1.77 bits per heavy atom. The maximum absolute atomic E-state index is 14.7. The van der Waals surface area contributed by atoms with E-state index in [1.807, 2.05) is 58.0 Å². The topological polar surface area (TPSA) is 81.2 Å². The molecule has 218 valence electrons. The summed E-state index contributed by atoms with van der Waals surface area (Å²) in [5, 5.41) is 10.6. The molecule has 3 aliphatic rings. The summed E-state index contributed by atoms with van der Waals surface area (Å²) in [4.78, 5) is 48.9. The van der Waals surface area contributed by atoms with Crippen LogP contribution in [0.2, 0.25) is 0 Å². The molecule has 7 atom stereocenters. The first-order valence-electron chi connectivity index (χ1n) is 14.5. The van der Waals surface area contributed by atoms with E-state index in [4.69, 9.17) is 0 Å². The van der Waals surface area contributed by atoms with Gasteiger partial charge < -0.3 is 19.8 Å². The second kappa shape index (κ2) is 11.7. The lowest BCUT2D eigenvalue weighted by atomic mass is 9.66. The predicted molar refractivity (Wildman–Crippen MR) is 162 cm³/mol. The fourth-order valence-corrected chi connectivity index (χ4v) is 9.60. The first-order valence-corrected chi connectivity index (χ1v) is 15.4. The van der Waals surface area contributed by atoms with Gasteiger partial charge >= 0.3 is 0 Å². The standard InChI is InChI=1S/C32H45N3O4S/c1-8-18-33(21(4)5)30(39)27-32-17-16-31(7,40-32)25(26(32)29(38)35(27)24(20-36)22(6)10-3)28(37)34(19-9-2)23-14-12-11-13-15-23/h8-9,11-15,21-22,24-27,36H,1-2,10,16-20H2,3-7H3/t22-,24-,25-,26-,27?,31+,32?/m0/s1. The number of thioether (sulfide) groups is 1. The van der Waals surface area contributed by atoms with Crippen LogP contribution < -0.4 is 4.90 Å². The van der Waals surface area contributed by atoms with Crippen molar-refractivity contribution in [2.75, 3.05) is 24.6 Å². The highest BCUT2D eigenvalue weighted by Gasteiger charge is 2.78. The third-order valence-corrected chi connectivity index (χ3v) is 11.4. The van der Waals surface area contributed by atoms with E-state index in [9.17, 15) is 19.5 Å². The number of nitrogens with zero attached hydrogens (tertiary/aromatic N) is 3. The van der Waals surface area contributed by atoms with Crippen LogP contribution in [-0.4, -0.2) is 79.9 Å². The van der Waals surface area contributed by atoms with Gasteiger partial charge in [0.2, 0.25) is 17.7 Å². The van der Waals surface area contributed by atoms with Gasteiger partial charge in [0.25, 0.3) is 0 Å². The molecule has 2 unspecified atom stereocenters. The Labute approximate surface area is 243 Å². The zero-order valence-electron chi connectivity index (χ0n) is 24.6. The van der Waals surface area contributed by atoms with E-state index in [1.165, 1.54) is 0 Å². The Morgan fingerprint density at radius 3 is 2.33 bits per heavy atom. The summed E-state index contributed by atoms with van der Waals surface area (Å²) < 4.78 is -1.22. The SMILES string of the molecule is C=CCN(C(=O)[C@@H]1[C@H]2C(=O)N([C@@H](CO)[C@@H](C)CC)C(C(=O)N(CC=C)C(C)C)C23CC[C@@]1(C)S3)c1ccccc1.